The highest BCUT2D eigenvalue weighted by atomic mass is 35.5. The molecule has 120 valence electrons. The number of rotatable bonds is 2. The lowest BCUT2D eigenvalue weighted by Gasteiger charge is -2.32. The van der Waals surface area contributed by atoms with Crippen molar-refractivity contribution in [1.29, 1.82) is 0 Å². The van der Waals surface area contributed by atoms with Crippen LogP contribution in [0.15, 0.2) is 0 Å². The number of hydrogen-bond donors (Lipinski definition) is 1. The zero-order valence-electron chi connectivity index (χ0n) is 12.5. The van der Waals surface area contributed by atoms with E-state index in [9.17, 15) is 9.59 Å². The molecule has 0 bridgehead atoms. The molecule has 0 radical (unpaired) electrons. The van der Waals surface area contributed by atoms with E-state index >= 15 is 0 Å². The largest absolute Gasteiger partial charge is 0.342 e. The molecular formula is C15H26ClN3O2. The first-order valence-corrected chi connectivity index (χ1v) is 7.99. The SMILES string of the molecule is Cl.NC1CCN(C(=O)C2CC(=O)N(C3CCCC3)C2)CC1. The van der Waals surface area contributed by atoms with E-state index in [-0.39, 0.29) is 36.2 Å². The predicted octanol–water partition coefficient (Wildman–Crippen LogP) is 1.15. The summed E-state index contributed by atoms with van der Waals surface area (Å²) in [5.41, 5.74) is 5.88. The molecule has 3 aliphatic rings. The average molecular weight is 316 g/mol. The molecule has 3 rings (SSSR count). The first-order valence-electron chi connectivity index (χ1n) is 7.99. The summed E-state index contributed by atoms with van der Waals surface area (Å²) in [5.74, 6) is 0.243. The average Bonchev–Trinajstić information content (AvgIpc) is 3.07. The number of likely N-dealkylation sites (tertiary alicyclic amines) is 2. The minimum absolute atomic E-state index is 0. The molecule has 2 N–H and O–H groups in total. The summed E-state index contributed by atoms with van der Waals surface area (Å²) < 4.78 is 0. The molecule has 1 saturated carbocycles. The molecule has 2 saturated heterocycles. The summed E-state index contributed by atoms with van der Waals surface area (Å²) in [5, 5.41) is 0. The van der Waals surface area contributed by atoms with Crippen molar-refractivity contribution in [3.8, 4) is 0 Å². The molecule has 2 aliphatic heterocycles. The number of carbonyl (C=O) groups is 2. The standard InChI is InChI=1S/C15H25N3O2.ClH/c16-12-5-7-17(8-6-12)15(20)11-9-14(19)18(10-11)13-3-1-2-4-13;/h11-13H,1-10,16H2;1H. The van der Waals surface area contributed by atoms with Crippen molar-refractivity contribution >= 4 is 24.2 Å². The van der Waals surface area contributed by atoms with E-state index in [1.807, 2.05) is 9.80 Å². The van der Waals surface area contributed by atoms with Gasteiger partial charge in [0.25, 0.3) is 0 Å². The molecule has 0 aromatic carbocycles. The van der Waals surface area contributed by atoms with Crippen LogP contribution >= 0.6 is 12.4 Å². The van der Waals surface area contributed by atoms with Gasteiger partial charge in [0.2, 0.25) is 11.8 Å². The second-order valence-electron chi connectivity index (χ2n) is 6.55. The molecule has 3 fully saturated rings. The van der Waals surface area contributed by atoms with Gasteiger partial charge in [-0.25, -0.2) is 0 Å². The molecule has 2 amide bonds. The summed E-state index contributed by atoms with van der Waals surface area (Å²) in [4.78, 5) is 28.6. The van der Waals surface area contributed by atoms with Crippen molar-refractivity contribution in [2.75, 3.05) is 19.6 Å². The fourth-order valence-corrected chi connectivity index (χ4v) is 3.84. The van der Waals surface area contributed by atoms with Gasteiger partial charge in [0.05, 0.1) is 5.92 Å². The fourth-order valence-electron chi connectivity index (χ4n) is 3.84. The molecule has 1 aliphatic carbocycles. The Balaban J connectivity index is 0.00000161. The van der Waals surface area contributed by atoms with Gasteiger partial charge in [0.1, 0.15) is 0 Å². The van der Waals surface area contributed by atoms with Gasteiger partial charge in [-0.3, -0.25) is 9.59 Å². The Bertz CT molecular complexity index is 390. The summed E-state index contributed by atoms with van der Waals surface area (Å²) in [6.45, 7) is 2.16. The van der Waals surface area contributed by atoms with Crippen LogP contribution < -0.4 is 5.73 Å². The Morgan fingerprint density at radius 1 is 1.10 bits per heavy atom. The van der Waals surface area contributed by atoms with Crippen LogP contribution in [0.2, 0.25) is 0 Å². The fraction of sp³-hybridized carbons (Fsp3) is 0.867. The van der Waals surface area contributed by atoms with Gasteiger partial charge >= 0.3 is 0 Å². The van der Waals surface area contributed by atoms with Crippen molar-refractivity contribution in [3.05, 3.63) is 0 Å². The monoisotopic (exact) mass is 315 g/mol. The van der Waals surface area contributed by atoms with Crippen molar-refractivity contribution in [2.24, 2.45) is 11.7 Å². The number of amides is 2. The zero-order valence-corrected chi connectivity index (χ0v) is 13.3. The van der Waals surface area contributed by atoms with Gasteiger partial charge in [-0.15, -0.1) is 12.4 Å². The van der Waals surface area contributed by atoms with Crippen molar-refractivity contribution in [2.45, 2.75) is 57.0 Å². The maximum absolute atomic E-state index is 12.5. The van der Waals surface area contributed by atoms with Gasteiger partial charge in [-0.1, -0.05) is 12.8 Å². The van der Waals surface area contributed by atoms with Gasteiger partial charge in [-0.05, 0) is 25.7 Å². The predicted molar refractivity (Wildman–Crippen MR) is 83.1 cm³/mol. The van der Waals surface area contributed by atoms with Gasteiger partial charge in [-0.2, -0.15) is 0 Å². The number of piperidine rings is 1. The van der Waals surface area contributed by atoms with Crippen LogP contribution in [0.5, 0.6) is 0 Å². The molecule has 0 aromatic rings. The zero-order chi connectivity index (χ0) is 14.1. The lowest BCUT2D eigenvalue weighted by atomic mass is 10.0. The minimum atomic E-state index is -0.113. The first kappa shape index (κ1) is 16.6. The summed E-state index contributed by atoms with van der Waals surface area (Å²) in [6, 6.07) is 0.634. The number of carbonyl (C=O) groups excluding carboxylic acids is 2. The van der Waals surface area contributed by atoms with Gasteiger partial charge in [0, 0.05) is 38.1 Å². The highest BCUT2D eigenvalue weighted by Gasteiger charge is 2.40. The van der Waals surface area contributed by atoms with Crippen molar-refractivity contribution in [3.63, 3.8) is 0 Å². The van der Waals surface area contributed by atoms with E-state index < -0.39 is 0 Å². The van der Waals surface area contributed by atoms with Crippen molar-refractivity contribution < 1.29 is 9.59 Å². The molecule has 1 atom stereocenters. The maximum atomic E-state index is 12.5. The van der Waals surface area contributed by atoms with E-state index in [0.717, 1.165) is 38.8 Å². The molecule has 0 spiro atoms. The summed E-state index contributed by atoms with van der Waals surface area (Å²) >= 11 is 0. The molecule has 1 unspecified atom stereocenters. The maximum Gasteiger partial charge on any atom is 0.227 e. The van der Waals surface area contributed by atoms with E-state index in [1.54, 1.807) is 0 Å². The second-order valence-corrected chi connectivity index (χ2v) is 6.55. The lowest BCUT2D eigenvalue weighted by molar-refractivity contribution is -0.136. The topological polar surface area (TPSA) is 66.6 Å². The third-order valence-corrected chi connectivity index (χ3v) is 5.12. The van der Waals surface area contributed by atoms with Crippen LogP contribution in [0, 0.1) is 5.92 Å². The summed E-state index contributed by atoms with van der Waals surface area (Å²) in [7, 11) is 0. The van der Waals surface area contributed by atoms with Crippen LogP contribution in [0.3, 0.4) is 0 Å². The van der Waals surface area contributed by atoms with Gasteiger partial charge < -0.3 is 15.5 Å². The third kappa shape index (κ3) is 3.51. The van der Waals surface area contributed by atoms with Crippen LogP contribution in [-0.4, -0.2) is 53.3 Å². The lowest BCUT2D eigenvalue weighted by Crippen LogP contribution is -2.45. The van der Waals surface area contributed by atoms with Gasteiger partial charge in [0.15, 0.2) is 0 Å². The minimum Gasteiger partial charge on any atom is -0.342 e. The van der Waals surface area contributed by atoms with Crippen LogP contribution in [0.1, 0.15) is 44.9 Å². The molecule has 21 heavy (non-hydrogen) atoms. The Labute approximate surface area is 132 Å². The Kier molecular flexibility index (Phi) is 5.49. The second kappa shape index (κ2) is 6.97. The van der Waals surface area contributed by atoms with Crippen molar-refractivity contribution in [1.82, 2.24) is 9.80 Å². The first-order chi connectivity index (χ1) is 9.65. The third-order valence-electron chi connectivity index (χ3n) is 5.12. The van der Waals surface area contributed by atoms with Crippen LogP contribution in [0.4, 0.5) is 0 Å². The molecular weight excluding hydrogens is 290 g/mol. The highest BCUT2D eigenvalue weighted by molar-refractivity contribution is 5.89. The highest BCUT2D eigenvalue weighted by Crippen LogP contribution is 2.30. The van der Waals surface area contributed by atoms with E-state index in [4.69, 9.17) is 5.73 Å². The quantitative estimate of drug-likeness (QED) is 0.831. The van der Waals surface area contributed by atoms with E-state index in [2.05, 4.69) is 0 Å². The number of nitrogens with two attached hydrogens (primary N) is 1. The molecule has 6 heteroatoms. The van der Waals surface area contributed by atoms with E-state index in [1.165, 1.54) is 12.8 Å². The number of hydrogen-bond acceptors (Lipinski definition) is 3. The normalized spacial score (nSPS) is 28.0. The van der Waals surface area contributed by atoms with Crippen LogP contribution in [-0.2, 0) is 9.59 Å². The molecule has 2 heterocycles. The molecule has 5 nitrogen and oxygen atoms in total. The van der Waals surface area contributed by atoms with Crippen LogP contribution in [0.25, 0.3) is 0 Å². The summed E-state index contributed by atoms with van der Waals surface area (Å²) in [6.07, 6.45) is 6.86. The number of halogens is 1. The Hall–Kier alpha value is -0.810. The smallest absolute Gasteiger partial charge is 0.227 e. The molecule has 0 aromatic heterocycles. The Morgan fingerprint density at radius 2 is 1.71 bits per heavy atom. The van der Waals surface area contributed by atoms with E-state index in [0.29, 0.717) is 19.0 Å². The Morgan fingerprint density at radius 3 is 2.33 bits per heavy atom. The number of nitrogens with zero attached hydrogens (tertiary/aromatic N) is 2.